The van der Waals surface area contributed by atoms with Crippen LogP contribution < -0.4 is 15.2 Å². The van der Waals surface area contributed by atoms with Gasteiger partial charge in [-0.15, -0.1) is 0 Å². The average Bonchev–Trinajstić information content (AvgIpc) is 3.03. The predicted octanol–water partition coefficient (Wildman–Crippen LogP) is 1.87. The maximum absolute atomic E-state index is 5.73. The minimum atomic E-state index is 0.0853. The lowest BCUT2D eigenvalue weighted by molar-refractivity contribution is 0.208. The van der Waals surface area contributed by atoms with Crippen LogP contribution in [0.4, 0.5) is 0 Å². The van der Waals surface area contributed by atoms with E-state index < -0.39 is 0 Å². The van der Waals surface area contributed by atoms with Crippen molar-refractivity contribution in [2.24, 2.45) is 5.73 Å². The molecule has 2 N–H and O–H groups in total. The van der Waals surface area contributed by atoms with Crippen LogP contribution in [0.1, 0.15) is 32.4 Å². The van der Waals surface area contributed by atoms with Gasteiger partial charge in [-0.05, 0) is 38.8 Å². The number of hydrogen-bond donors (Lipinski definition) is 1. The Hall–Kier alpha value is -1.29. The van der Waals surface area contributed by atoms with E-state index in [0.717, 1.165) is 24.3 Å². The quantitative estimate of drug-likeness (QED) is 0.826. The molecular weight excluding hydrogens is 204 g/mol. The summed E-state index contributed by atoms with van der Waals surface area (Å²) in [5.41, 5.74) is 6.37. The highest BCUT2D eigenvalue weighted by atomic mass is 16.5. The van der Waals surface area contributed by atoms with Crippen molar-refractivity contribution in [2.45, 2.75) is 45.4 Å². The Kier molecular flexibility index (Phi) is 3.29. The number of nitrogens with zero attached hydrogens (tertiary/aromatic N) is 1. The molecule has 0 amide bonds. The molecule has 0 unspecified atom stereocenters. The fraction of sp³-hybridized carbons (Fsp3) is 0.583. The zero-order chi connectivity index (χ0) is 11.5. The molecule has 0 atom stereocenters. The van der Waals surface area contributed by atoms with Gasteiger partial charge in [0.15, 0.2) is 5.75 Å². The summed E-state index contributed by atoms with van der Waals surface area (Å²) < 4.78 is 11.4. The lowest BCUT2D eigenvalue weighted by atomic mass is 10.3. The molecule has 1 aliphatic rings. The lowest BCUT2D eigenvalue weighted by Crippen LogP contribution is -2.11. The zero-order valence-electron chi connectivity index (χ0n) is 9.77. The van der Waals surface area contributed by atoms with Crippen molar-refractivity contribution in [3.63, 3.8) is 0 Å². The molecule has 0 saturated heterocycles. The first-order chi connectivity index (χ1) is 7.69. The molecule has 1 fully saturated rings. The third kappa shape index (κ3) is 2.85. The number of pyridine rings is 1. The normalized spacial score (nSPS) is 15.2. The molecule has 0 aromatic carbocycles. The Morgan fingerprint density at radius 3 is 2.75 bits per heavy atom. The zero-order valence-corrected chi connectivity index (χ0v) is 9.77. The van der Waals surface area contributed by atoms with Crippen LogP contribution >= 0.6 is 0 Å². The molecule has 4 heteroatoms. The SMILES string of the molecule is CC(C)Oc1nc(CN)ccc1OC1CC1. The fourth-order valence-electron chi connectivity index (χ4n) is 1.34. The summed E-state index contributed by atoms with van der Waals surface area (Å²) in [6.07, 6.45) is 2.68. The standard InChI is InChI=1S/C12H18N2O2/c1-8(2)15-12-11(16-10-4-5-10)6-3-9(7-13)14-12/h3,6,8,10H,4-5,7,13H2,1-2H3. The molecule has 0 bridgehead atoms. The van der Waals surface area contributed by atoms with Crippen LogP contribution in [-0.2, 0) is 6.54 Å². The molecule has 0 spiro atoms. The van der Waals surface area contributed by atoms with E-state index in [1.54, 1.807) is 0 Å². The van der Waals surface area contributed by atoms with Gasteiger partial charge in [0.1, 0.15) is 0 Å². The second kappa shape index (κ2) is 4.70. The van der Waals surface area contributed by atoms with Crippen molar-refractivity contribution < 1.29 is 9.47 Å². The Bertz CT molecular complexity index is 362. The molecule has 0 aliphatic heterocycles. The fourth-order valence-corrected chi connectivity index (χ4v) is 1.34. The van der Waals surface area contributed by atoms with Gasteiger partial charge in [-0.2, -0.15) is 0 Å². The van der Waals surface area contributed by atoms with E-state index in [9.17, 15) is 0 Å². The monoisotopic (exact) mass is 222 g/mol. The van der Waals surface area contributed by atoms with Crippen LogP contribution in [-0.4, -0.2) is 17.2 Å². The minimum absolute atomic E-state index is 0.0853. The number of aromatic nitrogens is 1. The molecule has 1 aromatic heterocycles. The van der Waals surface area contributed by atoms with Gasteiger partial charge in [-0.3, -0.25) is 0 Å². The van der Waals surface area contributed by atoms with E-state index in [4.69, 9.17) is 15.2 Å². The van der Waals surface area contributed by atoms with Crippen molar-refractivity contribution in [3.8, 4) is 11.6 Å². The molecule has 4 nitrogen and oxygen atoms in total. The van der Waals surface area contributed by atoms with Crippen LogP contribution in [0.3, 0.4) is 0 Å². The Balaban J connectivity index is 2.18. The predicted molar refractivity (Wildman–Crippen MR) is 61.5 cm³/mol. The second-order valence-electron chi connectivity index (χ2n) is 4.29. The average molecular weight is 222 g/mol. The second-order valence-corrected chi connectivity index (χ2v) is 4.29. The van der Waals surface area contributed by atoms with Gasteiger partial charge >= 0.3 is 0 Å². The van der Waals surface area contributed by atoms with Crippen LogP contribution in [0.25, 0.3) is 0 Å². The highest BCUT2D eigenvalue weighted by Crippen LogP contribution is 2.32. The molecule has 1 saturated carbocycles. The highest BCUT2D eigenvalue weighted by Gasteiger charge is 2.25. The maximum atomic E-state index is 5.73. The number of hydrogen-bond acceptors (Lipinski definition) is 4. The Morgan fingerprint density at radius 1 is 1.44 bits per heavy atom. The summed E-state index contributed by atoms with van der Waals surface area (Å²) in [6.45, 7) is 4.35. The van der Waals surface area contributed by atoms with E-state index in [1.807, 2.05) is 26.0 Å². The number of rotatable bonds is 5. The summed E-state index contributed by atoms with van der Waals surface area (Å²) in [7, 11) is 0. The van der Waals surface area contributed by atoms with Crippen LogP contribution in [0, 0.1) is 0 Å². The van der Waals surface area contributed by atoms with Crippen molar-refractivity contribution >= 4 is 0 Å². The summed E-state index contributed by atoms with van der Waals surface area (Å²) in [6, 6.07) is 3.77. The first-order valence-corrected chi connectivity index (χ1v) is 5.72. The van der Waals surface area contributed by atoms with E-state index in [1.165, 1.54) is 0 Å². The topological polar surface area (TPSA) is 57.4 Å². The van der Waals surface area contributed by atoms with Gasteiger partial charge in [-0.1, -0.05) is 0 Å². The molecule has 1 aromatic rings. The van der Waals surface area contributed by atoms with Gasteiger partial charge in [0.2, 0.25) is 0 Å². The molecule has 16 heavy (non-hydrogen) atoms. The van der Waals surface area contributed by atoms with Gasteiger partial charge in [0.05, 0.1) is 17.9 Å². The van der Waals surface area contributed by atoms with E-state index >= 15 is 0 Å². The third-order valence-corrected chi connectivity index (χ3v) is 2.26. The van der Waals surface area contributed by atoms with E-state index in [-0.39, 0.29) is 6.10 Å². The van der Waals surface area contributed by atoms with Crippen LogP contribution in [0.15, 0.2) is 12.1 Å². The van der Waals surface area contributed by atoms with Gasteiger partial charge in [0.25, 0.3) is 5.88 Å². The molecule has 1 heterocycles. The van der Waals surface area contributed by atoms with Crippen molar-refractivity contribution in [1.29, 1.82) is 0 Å². The summed E-state index contributed by atoms with van der Waals surface area (Å²) in [4.78, 5) is 4.34. The van der Waals surface area contributed by atoms with Gasteiger partial charge < -0.3 is 15.2 Å². The minimum Gasteiger partial charge on any atom is -0.485 e. The van der Waals surface area contributed by atoms with Crippen LogP contribution in [0.2, 0.25) is 0 Å². The Morgan fingerprint density at radius 2 is 2.19 bits per heavy atom. The third-order valence-electron chi connectivity index (χ3n) is 2.26. The maximum Gasteiger partial charge on any atom is 0.257 e. The lowest BCUT2D eigenvalue weighted by Gasteiger charge is -2.14. The van der Waals surface area contributed by atoms with Crippen molar-refractivity contribution in [3.05, 3.63) is 17.8 Å². The summed E-state index contributed by atoms with van der Waals surface area (Å²) >= 11 is 0. The van der Waals surface area contributed by atoms with Gasteiger partial charge in [0, 0.05) is 6.54 Å². The van der Waals surface area contributed by atoms with Crippen molar-refractivity contribution in [1.82, 2.24) is 4.98 Å². The Labute approximate surface area is 95.8 Å². The molecule has 1 aliphatic carbocycles. The van der Waals surface area contributed by atoms with E-state index in [2.05, 4.69) is 4.98 Å². The van der Waals surface area contributed by atoms with Crippen LogP contribution in [0.5, 0.6) is 11.6 Å². The molecule has 0 radical (unpaired) electrons. The number of ether oxygens (including phenoxy) is 2. The summed E-state index contributed by atoms with van der Waals surface area (Å²) in [5.74, 6) is 1.29. The molecular formula is C12H18N2O2. The van der Waals surface area contributed by atoms with Gasteiger partial charge in [-0.25, -0.2) is 4.98 Å². The largest absolute Gasteiger partial charge is 0.485 e. The molecule has 2 rings (SSSR count). The smallest absolute Gasteiger partial charge is 0.257 e. The number of nitrogens with two attached hydrogens (primary N) is 1. The first kappa shape index (κ1) is 11.2. The van der Waals surface area contributed by atoms with E-state index in [0.29, 0.717) is 18.5 Å². The highest BCUT2D eigenvalue weighted by molar-refractivity contribution is 5.35. The summed E-state index contributed by atoms with van der Waals surface area (Å²) in [5, 5.41) is 0. The van der Waals surface area contributed by atoms with Crippen molar-refractivity contribution in [2.75, 3.05) is 0 Å². The molecule has 88 valence electrons. The first-order valence-electron chi connectivity index (χ1n) is 5.72.